The second-order valence-corrected chi connectivity index (χ2v) is 6.45. The van der Waals surface area contributed by atoms with E-state index in [1.807, 2.05) is 0 Å². The van der Waals surface area contributed by atoms with Crippen LogP contribution in [0.1, 0.15) is 12.8 Å². The molecule has 2 aliphatic rings. The summed E-state index contributed by atoms with van der Waals surface area (Å²) in [5, 5.41) is 8.32. The van der Waals surface area contributed by atoms with Crippen molar-refractivity contribution >= 4 is 22.3 Å². The molecule has 2 bridgehead atoms. The second kappa shape index (κ2) is 6.91. The first kappa shape index (κ1) is 17.5. The Balaban J connectivity index is 1.51. The number of hydrogen-bond acceptors (Lipinski definition) is 8. The van der Waals surface area contributed by atoms with Gasteiger partial charge in [-0.15, -0.1) is 4.28 Å². The zero-order chi connectivity index (χ0) is 18.0. The fourth-order valence-corrected chi connectivity index (χ4v) is 3.17. The SMILES string of the molecule is O=C(NOCCn1nccn1)[C@@H]1CC[C@@H]2CN1C(=O)N2OS(=O)(=O)O. The van der Waals surface area contributed by atoms with Crippen molar-refractivity contribution in [1.29, 1.82) is 0 Å². The highest BCUT2D eigenvalue weighted by molar-refractivity contribution is 7.80. The Bertz CT molecular complexity index is 738. The number of urea groups is 1. The summed E-state index contributed by atoms with van der Waals surface area (Å²) in [6.07, 6.45) is 3.66. The molecule has 0 spiro atoms. The molecule has 0 unspecified atom stereocenters. The largest absolute Gasteiger partial charge is 0.418 e. The van der Waals surface area contributed by atoms with Crippen LogP contribution in [-0.4, -0.2) is 75.1 Å². The van der Waals surface area contributed by atoms with Crippen molar-refractivity contribution in [3.8, 4) is 0 Å². The molecule has 138 valence electrons. The van der Waals surface area contributed by atoms with Crippen molar-refractivity contribution in [1.82, 2.24) is 30.4 Å². The van der Waals surface area contributed by atoms with Crippen LogP contribution in [0.25, 0.3) is 0 Å². The maximum atomic E-state index is 12.2. The lowest BCUT2D eigenvalue weighted by atomic mass is 10.0. The zero-order valence-corrected chi connectivity index (χ0v) is 13.7. The van der Waals surface area contributed by atoms with Crippen molar-refractivity contribution in [3.63, 3.8) is 0 Å². The number of carbonyl (C=O) groups is 2. The molecule has 1 aromatic rings. The van der Waals surface area contributed by atoms with Crippen LogP contribution >= 0.6 is 0 Å². The van der Waals surface area contributed by atoms with Crippen LogP contribution < -0.4 is 5.48 Å². The van der Waals surface area contributed by atoms with Gasteiger partial charge in [-0.25, -0.2) is 10.3 Å². The average molecular weight is 376 g/mol. The van der Waals surface area contributed by atoms with Gasteiger partial charge in [0.05, 0.1) is 31.6 Å². The number of aromatic nitrogens is 3. The topological polar surface area (TPSA) is 156 Å². The van der Waals surface area contributed by atoms with Crippen LogP contribution in [0.3, 0.4) is 0 Å². The molecule has 2 fully saturated rings. The minimum atomic E-state index is -4.82. The van der Waals surface area contributed by atoms with Crippen molar-refractivity contribution in [3.05, 3.63) is 12.4 Å². The minimum Gasteiger partial charge on any atom is -0.309 e. The number of piperidine rings is 1. The van der Waals surface area contributed by atoms with E-state index in [-0.39, 0.29) is 13.2 Å². The predicted octanol–water partition coefficient (Wildman–Crippen LogP) is -1.67. The zero-order valence-electron chi connectivity index (χ0n) is 12.9. The van der Waals surface area contributed by atoms with Gasteiger partial charge in [0.1, 0.15) is 6.04 Å². The number of hydrogen-bond donors (Lipinski definition) is 2. The summed E-state index contributed by atoms with van der Waals surface area (Å²) >= 11 is 0. The number of fused-ring (bicyclic) bond motifs is 2. The van der Waals surface area contributed by atoms with Crippen LogP contribution in [0.15, 0.2) is 12.4 Å². The Morgan fingerprint density at radius 2 is 2.08 bits per heavy atom. The van der Waals surface area contributed by atoms with Gasteiger partial charge in [-0.3, -0.25) is 14.2 Å². The third-order valence-electron chi connectivity index (χ3n) is 3.83. The lowest BCUT2D eigenvalue weighted by molar-refractivity contribution is -0.139. The molecule has 3 rings (SSSR count). The Kier molecular flexibility index (Phi) is 4.85. The molecule has 2 saturated heterocycles. The second-order valence-electron chi connectivity index (χ2n) is 5.45. The van der Waals surface area contributed by atoms with E-state index in [1.165, 1.54) is 22.1 Å². The summed E-state index contributed by atoms with van der Waals surface area (Å²) in [6.45, 7) is 0.573. The first-order chi connectivity index (χ1) is 11.8. The van der Waals surface area contributed by atoms with Crippen LogP contribution in [0.2, 0.25) is 0 Å². The molecule has 3 heterocycles. The number of hydroxylamine groups is 3. The quantitative estimate of drug-likeness (QED) is 0.322. The highest BCUT2D eigenvalue weighted by Crippen LogP contribution is 2.30. The van der Waals surface area contributed by atoms with E-state index in [0.29, 0.717) is 24.4 Å². The summed E-state index contributed by atoms with van der Waals surface area (Å²) < 4.78 is 34.7. The highest BCUT2D eigenvalue weighted by Gasteiger charge is 2.49. The van der Waals surface area contributed by atoms with E-state index >= 15 is 0 Å². The monoisotopic (exact) mass is 376 g/mol. The molecule has 0 saturated carbocycles. The molecule has 2 atom stereocenters. The molecule has 0 radical (unpaired) electrons. The van der Waals surface area contributed by atoms with Gasteiger partial charge in [0, 0.05) is 6.54 Å². The van der Waals surface area contributed by atoms with Gasteiger partial charge in [0.15, 0.2) is 0 Å². The molecule has 25 heavy (non-hydrogen) atoms. The highest BCUT2D eigenvalue weighted by atomic mass is 32.3. The van der Waals surface area contributed by atoms with Gasteiger partial charge >= 0.3 is 16.4 Å². The van der Waals surface area contributed by atoms with Gasteiger partial charge < -0.3 is 4.90 Å². The summed E-state index contributed by atoms with van der Waals surface area (Å²) in [5.41, 5.74) is 2.25. The van der Waals surface area contributed by atoms with E-state index in [2.05, 4.69) is 20.0 Å². The number of amides is 3. The number of rotatable bonds is 7. The Morgan fingerprint density at radius 3 is 2.76 bits per heavy atom. The standard InChI is InChI=1S/C11H16N6O7S/c18-10(14-23-6-5-16-12-3-4-13-16)9-2-1-8-7-15(9)11(19)17(8)24-25(20,21)22/h3-4,8-9H,1-2,5-7H2,(H,14,18)(H,20,21,22)/t8-,9+/m1/s1. The summed E-state index contributed by atoms with van der Waals surface area (Å²) in [6, 6.07) is -2.17. The average Bonchev–Trinajstić information content (AvgIpc) is 3.14. The maximum Gasteiger partial charge on any atom is 0.418 e. The summed E-state index contributed by atoms with van der Waals surface area (Å²) in [7, 11) is -4.82. The van der Waals surface area contributed by atoms with Gasteiger partial charge in [-0.05, 0) is 12.8 Å². The molecule has 14 heteroatoms. The number of nitrogens with one attached hydrogen (secondary N) is 1. The Morgan fingerprint density at radius 1 is 1.36 bits per heavy atom. The molecule has 2 N–H and O–H groups in total. The van der Waals surface area contributed by atoms with Gasteiger partial charge in [-0.2, -0.15) is 28.5 Å². The molecule has 1 aromatic heterocycles. The lowest BCUT2D eigenvalue weighted by Gasteiger charge is -2.28. The smallest absolute Gasteiger partial charge is 0.309 e. The van der Waals surface area contributed by atoms with Crippen molar-refractivity contribution < 1.29 is 31.7 Å². The molecule has 2 aliphatic heterocycles. The van der Waals surface area contributed by atoms with Crippen molar-refractivity contribution in [2.24, 2.45) is 0 Å². The van der Waals surface area contributed by atoms with E-state index in [4.69, 9.17) is 9.39 Å². The van der Waals surface area contributed by atoms with E-state index in [1.54, 1.807) is 0 Å². The Hall–Kier alpha value is -2.29. The number of nitrogens with zero attached hydrogens (tertiary/aromatic N) is 5. The Labute approximate surface area is 142 Å². The van der Waals surface area contributed by atoms with E-state index in [0.717, 1.165) is 0 Å². The van der Waals surface area contributed by atoms with Crippen molar-refractivity contribution in [2.75, 3.05) is 13.2 Å². The number of carbonyl (C=O) groups excluding carboxylic acids is 2. The van der Waals surface area contributed by atoms with Crippen LogP contribution in [0, 0.1) is 0 Å². The molecular weight excluding hydrogens is 360 g/mol. The van der Waals surface area contributed by atoms with E-state index < -0.39 is 34.4 Å². The van der Waals surface area contributed by atoms with Crippen LogP contribution in [-0.2, 0) is 30.9 Å². The first-order valence-electron chi connectivity index (χ1n) is 7.38. The molecular formula is C11H16N6O7S. The lowest BCUT2D eigenvalue weighted by Crippen LogP contribution is -2.49. The minimum absolute atomic E-state index is 0.115. The summed E-state index contributed by atoms with van der Waals surface area (Å²) in [4.78, 5) is 32.0. The van der Waals surface area contributed by atoms with Crippen molar-refractivity contribution in [2.45, 2.75) is 31.5 Å². The molecule has 13 nitrogen and oxygen atoms in total. The fourth-order valence-electron chi connectivity index (χ4n) is 2.78. The van der Waals surface area contributed by atoms with Gasteiger partial charge in [0.25, 0.3) is 5.91 Å². The first-order valence-corrected chi connectivity index (χ1v) is 8.74. The summed E-state index contributed by atoms with van der Waals surface area (Å²) in [5.74, 6) is -0.533. The molecule has 0 aromatic carbocycles. The van der Waals surface area contributed by atoms with E-state index in [9.17, 15) is 18.0 Å². The van der Waals surface area contributed by atoms with Crippen LogP contribution in [0.5, 0.6) is 0 Å². The predicted molar refractivity (Wildman–Crippen MR) is 77.5 cm³/mol. The maximum absolute atomic E-state index is 12.2. The molecule has 3 amide bonds. The third-order valence-corrected chi connectivity index (χ3v) is 4.18. The molecule has 0 aliphatic carbocycles. The van der Waals surface area contributed by atoms with Gasteiger partial charge in [-0.1, -0.05) is 0 Å². The third kappa shape index (κ3) is 4.04. The normalized spacial score (nSPS) is 23.2. The fraction of sp³-hybridized carbons (Fsp3) is 0.636. The van der Waals surface area contributed by atoms with Gasteiger partial charge in [0.2, 0.25) is 0 Å². The van der Waals surface area contributed by atoms with Crippen LogP contribution in [0.4, 0.5) is 4.79 Å².